The van der Waals surface area contributed by atoms with Crippen LogP contribution in [0, 0.1) is 12.7 Å². The van der Waals surface area contributed by atoms with Crippen LogP contribution in [0.1, 0.15) is 44.4 Å². The Balaban J connectivity index is 1.77. The largest absolute Gasteiger partial charge is 0.437 e. The number of benzene rings is 2. The fourth-order valence-corrected chi connectivity index (χ4v) is 5.77. The minimum absolute atomic E-state index is 0.120. The van der Waals surface area contributed by atoms with Crippen molar-refractivity contribution in [3.05, 3.63) is 71.6 Å². The number of aliphatic imine (C=N–C) groups is 1. The Hall–Kier alpha value is -3.83. The van der Waals surface area contributed by atoms with E-state index in [-0.39, 0.29) is 23.4 Å². The van der Waals surface area contributed by atoms with Gasteiger partial charge in [-0.2, -0.15) is 0 Å². The van der Waals surface area contributed by atoms with Gasteiger partial charge in [0.15, 0.2) is 0 Å². The molecule has 0 aliphatic carbocycles. The van der Waals surface area contributed by atoms with Crippen molar-refractivity contribution in [3.63, 3.8) is 0 Å². The van der Waals surface area contributed by atoms with E-state index in [2.05, 4.69) is 32.0 Å². The number of hydrogen-bond donors (Lipinski definition) is 3. The lowest BCUT2D eigenvalue weighted by atomic mass is 10.0. The van der Waals surface area contributed by atoms with Gasteiger partial charge < -0.3 is 15.4 Å². The highest BCUT2D eigenvalue weighted by Crippen LogP contribution is 2.37. The van der Waals surface area contributed by atoms with Crippen LogP contribution < -0.4 is 20.1 Å². The standard InChI is InChI=1S/C29H35FN6O3S/c1-5-8-23(25-14-16-33-29(35-25)34-20-9-7-15-32-18-20)28(31-4)39-27-19(3)10-11-21-22(27)12-13-24(30)26(21)36-40(37,38)17-6-2/h5,8,10-14,16,20,32,36H,4,6-7,9,15,17-18H2,1-3H3,(H,33,34,35)/b8-5-,28-23-/t20-/m0/s1. The second kappa shape index (κ2) is 13.0. The number of sulfonamides is 1. The Labute approximate surface area is 234 Å². The van der Waals surface area contributed by atoms with Gasteiger partial charge in [-0.25, -0.2) is 27.8 Å². The summed E-state index contributed by atoms with van der Waals surface area (Å²) < 4.78 is 48.6. The first kappa shape index (κ1) is 29.2. The van der Waals surface area contributed by atoms with Gasteiger partial charge in [-0.05, 0) is 70.1 Å². The van der Waals surface area contributed by atoms with Crippen LogP contribution in [0.3, 0.4) is 0 Å². The average molecular weight is 567 g/mol. The van der Waals surface area contributed by atoms with E-state index in [9.17, 15) is 12.8 Å². The Bertz CT molecular complexity index is 1550. The maximum atomic E-state index is 14.9. The van der Waals surface area contributed by atoms with E-state index in [1.807, 2.05) is 26.0 Å². The number of anilines is 2. The number of nitrogens with zero attached hydrogens (tertiary/aromatic N) is 3. The van der Waals surface area contributed by atoms with E-state index in [4.69, 9.17) is 9.72 Å². The molecule has 1 aliphatic heterocycles. The molecule has 40 heavy (non-hydrogen) atoms. The Morgan fingerprint density at radius 2 is 2.08 bits per heavy atom. The van der Waals surface area contributed by atoms with Crippen molar-refractivity contribution in [3.8, 4) is 5.75 Å². The minimum Gasteiger partial charge on any atom is -0.437 e. The van der Waals surface area contributed by atoms with E-state index in [0.29, 0.717) is 40.2 Å². The van der Waals surface area contributed by atoms with Crippen molar-refractivity contribution in [2.45, 2.75) is 46.1 Å². The summed E-state index contributed by atoms with van der Waals surface area (Å²) in [6.45, 7) is 11.0. The summed E-state index contributed by atoms with van der Waals surface area (Å²) in [7, 11) is -3.72. The van der Waals surface area contributed by atoms with Gasteiger partial charge in [-0.3, -0.25) is 4.72 Å². The van der Waals surface area contributed by atoms with Gasteiger partial charge in [0.25, 0.3) is 0 Å². The molecule has 1 atom stereocenters. The first-order chi connectivity index (χ1) is 19.3. The van der Waals surface area contributed by atoms with Crippen molar-refractivity contribution in [1.29, 1.82) is 0 Å². The number of allylic oxidation sites excluding steroid dienone is 3. The van der Waals surface area contributed by atoms with Crippen LogP contribution in [0.25, 0.3) is 16.3 Å². The molecule has 0 radical (unpaired) electrons. The van der Waals surface area contributed by atoms with Crippen LogP contribution in [-0.2, 0) is 10.0 Å². The lowest BCUT2D eigenvalue weighted by Crippen LogP contribution is -2.38. The predicted octanol–water partition coefficient (Wildman–Crippen LogP) is 5.42. The molecule has 0 saturated carbocycles. The predicted molar refractivity (Wildman–Crippen MR) is 160 cm³/mol. The Morgan fingerprint density at radius 3 is 2.77 bits per heavy atom. The molecule has 11 heteroatoms. The molecule has 212 valence electrons. The molecule has 1 aliphatic rings. The van der Waals surface area contributed by atoms with Crippen molar-refractivity contribution in [2.24, 2.45) is 4.99 Å². The average Bonchev–Trinajstić information content (AvgIpc) is 2.93. The second-order valence-corrected chi connectivity index (χ2v) is 11.4. The summed E-state index contributed by atoms with van der Waals surface area (Å²) in [4.78, 5) is 13.3. The normalized spacial score (nSPS) is 16.6. The Morgan fingerprint density at radius 1 is 1.27 bits per heavy atom. The van der Waals surface area contributed by atoms with Crippen molar-refractivity contribution < 1.29 is 17.5 Å². The number of ether oxygens (including phenoxy) is 1. The Kier molecular flexibility index (Phi) is 9.49. The lowest BCUT2D eigenvalue weighted by molar-refractivity contribution is 0.426. The highest BCUT2D eigenvalue weighted by Gasteiger charge is 2.20. The first-order valence-electron chi connectivity index (χ1n) is 13.3. The molecule has 2 heterocycles. The molecule has 3 N–H and O–H groups in total. The van der Waals surface area contributed by atoms with Crippen LogP contribution in [0.4, 0.5) is 16.0 Å². The monoisotopic (exact) mass is 566 g/mol. The third-order valence-electron chi connectivity index (χ3n) is 6.50. The second-order valence-electron chi connectivity index (χ2n) is 9.58. The van der Waals surface area contributed by atoms with Gasteiger partial charge in [-0.15, -0.1) is 0 Å². The summed E-state index contributed by atoms with van der Waals surface area (Å²) in [5, 5.41) is 7.64. The van der Waals surface area contributed by atoms with E-state index in [1.54, 1.807) is 37.4 Å². The maximum Gasteiger partial charge on any atom is 0.232 e. The topological polar surface area (TPSA) is 118 Å². The number of aryl methyl sites for hydroxylation is 1. The SMILES string of the molecule is C=N/C(Oc1c(C)ccc2c(NS(=O)(=O)CCC)c(F)ccc12)=C(\C=C/C)c1ccnc(N[C@H]2CCCNC2)n1. The van der Waals surface area contributed by atoms with Crippen molar-refractivity contribution in [2.75, 3.05) is 28.9 Å². The van der Waals surface area contributed by atoms with Gasteiger partial charge in [0.1, 0.15) is 11.6 Å². The molecule has 4 rings (SSSR count). The fourth-order valence-electron chi connectivity index (χ4n) is 4.61. The summed E-state index contributed by atoms with van der Waals surface area (Å²) in [6, 6.07) is 8.19. The molecular formula is C29H35FN6O3S. The summed E-state index contributed by atoms with van der Waals surface area (Å²) in [5.41, 5.74) is 1.79. The molecule has 3 aromatic rings. The third kappa shape index (κ3) is 6.83. The molecular weight excluding hydrogens is 531 g/mol. The van der Waals surface area contributed by atoms with Crippen LogP contribution in [0.15, 0.2) is 59.6 Å². The van der Waals surface area contributed by atoms with E-state index >= 15 is 0 Å². The zero-order valence-electron chi connectivity index (χ0n) is 23.0. The summed E-state index contributed by atoms with van der Waals surface area (Å²) in [5.74, 6) is 0.292. The van der Waals surface area contributed by atoms with E-state index < -0.39 is 15.8 Å². The highest BCUT2D eigenvalue weighted by atomic mass is 32.2. The zero-order valence-corrected chi connectivity index (χ0v) is 23.8. The molecule has 1 saturated heterocycles. The molecule has 0 spiro atoms. The van der Waals surface area contributed by atoms with E-state index in [1.165, 1.54) is 6.07 Å². The number of hydrogen-bond acceptors (Lipinski definition) is 8. The quantitative estimate of drug-likeness (QED) is 0.161. The van der Waals surface area contributed by atoms with Crippen molar-refractivity contribution >= 4 is 44.7 Å². The molecule has 0 unspecified atom stereocenters. The van der Waals surface area contributed by atoms with Crippen LogP contribution >= 0.6 is 0 Å². The summed E-state index contributed by atoms with van der Waals surface area (Å²) in [6.07, 6.45) is 7.85. The fraction of sp³-hybridized carbons (Fsp3) is 0.345. The van der Waals surface area contributed by atoms with Gasteiger partial charge in [0, 0.05) is 29.6 Å². The number of aromatic nitrogens is 2. The molecule has 9 nitrogen and oxygen atoms in total. The molecule has 0 bridgehead atoms. The number of rotatable bonds is 11. The van der Waals surface area contributed by atoms with Crippen LogP contribution in [0.2, 0.25) is 0 Å². The van der Waals surface area contributed by atoms with Crippen LogP contribution in [-0.4, -0.2) is 50.0 Å². The van der Waals surface area contributed by atoms with Gasteiger partial charge >= 0.3 is 0 Å². The maximum absolute atomic E-state index is 14.9. The number of halogens is 1. The smallest absolute Gasteiger partial charge is 0.232 e. The number of fused-ring (bicyclic) bond motifs is 1. The first-order valence-corrected chi connectivity index (χ1v) is 15.0. The number of nitrogens with one attached hydrogen (secondary N) is 3. The highest BCUT2D eigenvalue weighted by molar-refractivity contribution is 7.92. The van der Waals surface area contributed by atoms with Gasteiger partial charge in [0.05, 0.1) is 22.7 Å². The van der Waals surface area contributed by atoms with Crippen LogP contribution in [0.5, 0.6) is 5.75 Å². The lowest BCUT2D eigenvalue weighted by Gasteiger charge is -2.23. The molecule has 1 fully saturated rings. The molecule has 2 aromatic carbocycles. The minimum atomic E-state index is -3.72. The summed E-state index contributed by atoms with van der Waals surface area (Å²) >= 11 is 0. The van der Waals surface area contributed by atoms with Gasteiger partial charge in [0.2, 0.25) is 21.9 Å². The molecule has 1 aromatic heterocycles. The third-order valence-corrected chi connectivity index (χ3v) is 7.96. The van der Waals surface area contributed by atoms with Gasteiger partial charge in [-0.1, -0.05) is 31.2 Å². The van der Waals surface area contributed by atoms with E-state index in [0.717, 1.165) is 31.5 Å². The number of piperidine rings is 1. The molecule has 0 amide bonds. The van der Waals surface area contributed by atoms with Crippen molar-refractivity contribution in [1.82, 2.24) is 15.3 Å². The zero-order chi connectivity index (χ0) is 28.7.